The van der Waals surface area contributed by atoms with Crippen LogP contribution < -0.4 is 15.6 Å². The zero-order chi connectivity index (χ0) is 18.4. The summed E-state index contributed by atoms with van der Waals surface area (Å²) in [6, 6.07) is 17.2. The van der Waals surface area contributed by atoms with Gasteiger partial charge in [0.15, 0.2) is 0 Å². The summed E-state index contributed by atoms with van der Waals surface area (Å²) < 4.78 is 6.45. The molecule has 3 rings (SSSR count). The molecule has 0 spiro atoms. The minimum absolute atomic E-state index is 0.147. The Hall–Kier alpha value is -2.79. The lowest BCUT2D eigenvalue weighted by molar-refractivity contribution is 0.414. The van der Waals surface area contributed by atoms with Crippen LogP contribution in [0.15, 0.2) is 65.6 Å². The number of aromatic nitrogens is 2. The van der Waals surface area contributed by atoms with Crippen molar-refractivity contribution in [1.29, 1.82) is 0 Å². The largest absolute Gasteiger partial charge is 0.497 e. The number of methoxy groups -OCH3 is 1. The molecule has 0 bridgehead atoms. The number of halogens is 1. The Balaban J connectivity index is 1.60. The molecule has 134 valence electrons. The molecule has 0 saturated heterocycles. The number of ether oxygens (including phenoxy) is 1. The smallest absolute Gasteiger partial charge is 0.292 e. The van der Waals surface area contributed by atoms with Crippen LogP contribution in [0.5, 0.6) is 5.75 Å². The van der Waals surface area contributed by atoms with Crippen molar-refractivity contribution in [2.75, 3.05) is 19.0 Å². The number of benzene rings is 2. The molecule has 0 saturated carbocycles. The van der Waals surface area contributed by atoms with Crippen LogP contribution in [0, 0.1) is 0 Å². The van der Waals surface area contributed by atoms with Gasteiger partial charge < -0.3 is 10.1 Å². The van der Waals surface area contributed by atoms with Crippen molar-refractivity contribution in [2.45, 2.75) is 12.8 Å². The first kappa shape index (κ1) is 18.0. The van der Waals surface area contributed by atoms with E-state index in [2.05, 4.69) is 22.5 Å². The first-order valence-corrected chi connectivity index (χ1v) is 8.77. The van der Waals surface area contributed by atoms with E-state index in [-0.39, 0.29) is 10.6 Å². The number of hydrogen-bond donors (Lipinski definition) is 1. The average Bonchev–Trinajstić information content (AvgIpc) is 2.69. The van der Waals surface area contributed by atoms with E-state index in [9.17, 15) is 4.79 Å². The van der Waals surface area contributed by atoms with Crippen LogP contribution in [0.4, 0.5) is 5.69 Å². The predicted molar refractivity (Wildman–Crippen MR) is 105 cm³/mol. The summed E-state index contributed by atoms with van der Waals surface area (Å²) in [5.74, 6) is 0.851. The van der Waals surface area contributed by atoms with Gasteiger partial charge in [-0.05, 0) is 42.7 Å². The Kier molecular flexibility index (Phi) is 5.92. The normalized spacial score (nSPS) is 10.5. The van der Waals surface area contributed by atoms with E-state index >= 15 is 0 Å². The van der Waals surface area contributed by atoms with Crippen LogP contribution in [0.25, 0.3) is 5.69 Å². The minimum atomic E-state index is -0.335. The molecule has 1 heterocycles. The number of aryl methyl sites for hydroxylation is 1. The molecule has 1 aromatic heterocycles. The molecule has 26 heavy (non-hydrogen) atoms. The fraction of sp³-hybridized carbons (Fsp3) is 0.200. The highest BCUT2D eigenvalue weighted by Crippen LogP contribution is 2.17. The van der Waals surface area contributed by atoms with E-state index in [1.165, 1.54) is 10.2 Å². The summed E-state index contributed by atoms with van der Waals surface area (Å²) in [7, 11) is 1.66. The Morgan fingerprint density at radius 1 is 1.12 bits per heavy atom. The monoisotopic (exact) mass is 369 g/mol. The molecule has 3 aromatic rings. The molecule has 0 aliphatic carbocycles. The Morgan fingerprint density at radius 2 is 1.85 bits per heavy atom. The van der Waals surface area contributed by atoms with Gasteiger partial charge in [-0.2, -0.15) is 9.78 Å². The number of rotatable bonds is 7. The molecule has 0 amide bonds. The molecule has 5 nitrogen and oxygen atoms in total. The van der Waals surface area contributed by atoms with E-state index in [1.807, 2.05) is 42.5 Å². The van der Waals surface area contributed by atoms with Gasteiger partial charge in [-0.1, -0.05) is 41.9 Å². The summed E-state index contributed by atoms with van der Waals surface area (Å²) in [6.45, 7) is 0.697. The van der Waals surface area contributed by atoms with Gasteiger partial charge >= 0.3 is 0 Å². The second-order valence-electron chi connectivity index (χ2n) is 5.80. The summed E-state index contributed by atoms with van der Waals surface area (Å²) in [5, 5.41) is 7.55. The van der Waals surface area contributed by atoms with Crippen molar-refractivity contribution >= 4 is 17.3 Å². The maximum Gasteiger partial charge on any atom is 0.292 e. The van der Waals surface area contributed by atoms with Crippen molar-refractivity contribution in [3.05, 3.63) is 81.7 Å². The van der Waals surface area contributed by atoms with E-state index in [0.717, 1.165) is 18.6 Å². The van der Waals surface area contributed by atoms with E-state index in [1.54, 1.807) is 13.3 Å². The summed E-state index contributed by atoms with van der Waals surface area (Å²) in [6.07, 6.45) is 3.41. The van der Waals surface area contributed by atoms with Crippen molar-refractivity contribution in [3.63, 3.8) is 0 Å². The fourth-order valence-corrected chi connectivity index (χ4v) is 2.81. The van der Waals surface area contributed by atoms with Gasteiger partial charge in [-0.3, -0.25) is 4.79 Å². The van der Waals surface area contributed by atoms with Gasteiger partial charge in [0.25, 0.3) is 5.56 Å². The Bertz CT molecular complexity index is 909. The molecule has 0 fully saturated rings. The first-order valence-electron chi connectivity index (χ1n) is 8.39. The Morgan fingerprint density at radius 3 is 2.54 bits per heavy atom. The third-order valence-electron chi connectivity index (χ3n) is 4.04. The maximum atomic E-state index is 12.4. The standard InChI is InChI=1S/C20H20ClN3O2/c1-26-17-11-9-15(10-12-17)6-5-13-22-18-14-23-24(20(25)19(18)21)16-7-3-2-4-8-16/h2-4,7-12,14,22H,5-6,13H2,1H3. The lowest BCUT2D eigenvalue weighted by Gasteiger charge is -2.10. The lowest BCUT2D eigenvalue weighted by Crippen LogP contribution is -2.22. The first-order chi connectivity index (χ1) is 12.7. The van der Waals surface area contributed by atoms with Crippen molar-refractivity contribution in [1.82, 2.24) is 9.78 Å². The van der Waals surface area contributed by atoms with Crippen molar-refractivity contribution in [3.8, 4) is 11.4 Å². The highest BCUT2D eigenvalue weighted by Gasteiger charge is 2.10. The van der Waals surface area contributed by atoms with Gasteiger partial charge in [0, 0.05) is 6.54 Å². The molecule has 0 unspecified atom stereocenters. The highest BCUT2D eigenvalue weighted by molar-refractivity contribution is 6.32. The fourth-order valence-electron chi connectivity index (χ4n) is 2.62. The van der Waals surface area contributed by atoms with Crippen molar-refractivity contribution < 1.29 is 4.74 Å². The van der Waals surface area contributed by atoms with E-state index in [4.69, 9.17) is 16.3 Å². The molecular formula is C20H20ClN3O2. The number of hydrogen-bond acceptors (Lipinski definition) is 4. The zero-order valence-corrected chi connectivity index (χ0v) is 15.2. The topological polar surface area (TPSA) is 56.1 Å². The van der Waals surface area contributed by atoms with Gasteiger partial charge in [0.1, 0.15) is 10.8 Å². The molecule has 6 heteroatoms. The molecule has 2 aromatic carbocycles. The summed E-state index contributed by atoms with van der Waals surface area (Å²) in [5.41, 5.74) is 2.14. The van der Waals surface area contributed by atoms with Gasteiger partial charge in [0.05, 0.1) is 24.7 Å². The zero-order valence-electron chi connectivity index (χ0n) is 14.5. The number of nitrogens with one attached hydrogen (secondary N) is 1. The molecule has 0 radical (unpaired) electrons. The number of anilines is 1. The van der Waals surface area contributed by atoms with E-state index < -0.39 is 0 Å². The quantitative estimate of drug-likeness (QED) is 0.641. The highest BCUT2D eigenvalue weighted by atomic mass is 35.5. The van der Waals surface area contributed by atoms with Crippen LogP contribution in [-0.4, -0.2) is 23.4 Å². The minimum Gasteiger partial charge on any atom is -0.497 e. The van der Waals surface area contributed by atoms with Gasteiger partial charge in [-0.15, -0.1) is 0 Å². The number of nitrogens with zero attached hydrogens (tertiary/aromatic N) is 2. The predicted octanol–water partition coefficient (Wildman–Crippen LogP) is 3.94. The third-order valence-corrected chi connectivity index (χ3v) is 4.40. The van der Waals surface area contributed by atoms with Crippen LogP contribution in [0.2, 0.25) is 5.02 Å². The molecule has 1 N–H and O–H groups in total. The molecule has 0 aliphatic rings. The number of para-hydroxylation sites is 1. The summed E-state index contributed by atoms with van der Waals surface area (Å²) in [4.78, 5) is 12.4. The van der Waals surface area contributed by atoms with Crippen molar-refractivity contribution in [2.24, 2.45) is 0 Å². The summed E-state index contributed by atoms with van der Waals surface area (Å²) >= 11 is 6.23. The van der Waals surface area contributed by atoms with E-state index in [0.29, 0.717) is 17.9 Å². The van der Waals surface area contributed by atoms with Gasteiger partial charge in [0.2, 0.25) is 0 Å². The SMILES string of the molecule is COc1ccc(CCCNc2cnn(-c3ccccc3)c(=O)c2Cl)cc1. The molecule has 0 aliphatic heterocycles. The Labute approximate surface area is 157 Å². The third kappa shape index (κ3) is 4.24. The second kappa shape index (κ2) is 8.54. The lowest BCUT2D eigenvalue weighted by atomic mass is 10.1. The van der Waals surface area contributed by atoms with Crippen LogP contribution in [-0.2, 0) is 6.42 Å². The molecular weight excluding hydrogens is 350 g/mol. The van der Waals surface area contributed by atoms with Crippen LogP contribution >= 0.6 is 11.6 Å². The second-order valence-corrected chi connectivity index (χ2v) is 6.18. The van der Waals surface area contributed by atoms with Crippen LogP contribution in [0.3, 0.4) is 0 Å². The van der Waals surface area contributed by atoms with Gasteiger partial charge in [-0.25, -0.2) is 0 Å². The molecule has 0 atom stereocenters. The maximum absolute atomic E-state index is 12.4. The van der Waals surface area contributed by atoms with Crippen LogP contribution in [0.1, 0.15) is 12.0 Å². The average molecular weight is 370 g/mol.